The van der Waals surface area contributed by atoms with Gasteiger partial charge in [-0.05, 0) is 51.0 Å². The quantitative estimate of drug-likeness (QED) is 0.673. The maximum absolute atomic E-state index is 12.7. The number of benzene rings is 1. The van der Waals surface area contributed by atoms with Gasteiger partial charge in [0.15, 0.2) is 5.78 Å². The molecule has 0 bridgehead atoms. The number of likely N-dealkylation sites (tertiary alicyclic amines) is 1. The predicted molar refractivity (Wildman–Crippen MR) is 91.9 cm³/mol. The van der Waals surface area contributed by atoms with Gasteiger partial charge in [0.25, 0.3) is 0 Å². The van der Waals surface area contributed by atoms with E-state index in [9.17, 15) is 19.2 Å². The molecule has 1 heterocycles. The van der Waals surface area contributed by atoms with Crippen LogP contribution in [0.3, 0.4) is 0 Å². The van der Waals surface area contributed by atoms with Crippen molar-refractivity contribution in [1.29, 1.82) is 0 Å². The highest BCUT2D eigenvalue weighted by molar-refractivity contribution is 6.10. The molecule has 1 N–H and O–H groups in total. The first-order valence-electron chi connectivity index (χ1n) is 8.62. The molecule has 3 amide bonds. The van der Waals surface area contributed by atoms with Crippen molar-refractivity contribution in [3.63, 3.8) is 0 Å². The van der Waals surface area contributed by atoms with E-state index in [1.54, 1.807) is 31.2 Å². The number of Topliss-reactive ketones (excluding diaryl/α,β-unsaturated/α-hetero) is 1. The summed E-state index contributed by atoms with van der Waals surface area (Å²) in [5, 5.41) is 2.71. The lowest BCUT2D eigenvalue weighted by Crippen LogP contribution is -2.46. The van der Waals surface area contributed by atoms with Crippen LogP contribution in [-0.2, 0) is 14.4 Å². The van der Waals surface area contributed by atoms with Crippen molar-refractivity contribution in [2.75, 3.05) is 5.32 Å². The summed E-state index contributed by atoms with van der Waals surface area (Å²) in [6, 6.07) is 5.67. The fourth-order valence-electron chi connectivity index (χ4n) is 3.81. The molecule has 25 heavy (non-hydrogen) atoms. The molecule has 1 spiro atoms. The van der Waals surface area contributed by atoms with Gasteiger partial charge in [-0.15, -0.1) is 0 Å². The average Bonchev–Trinajstić information content (AvgIpc) is 3.13. The number of rotatable bonds is 4. The van der Waals surface area contributed by atoms with E-state index in [0.717, 1.165) is 30.6 Å². The van der Waals surface area contributed by atoms with Crippen molar-refractivity contribution in [2.24, 2.45) is 5.41 Å². The van der Waals surface area contributed by atoms with Crippen molar-refractivity contribution in [1.82, 2.24) is 4.90 Å². The Morgan fingerprint density at radius 1 is 1.12 bits per heavy atom. The third-order valence-electron chi connectivity index (χ3n) is 5.32. The summed E-state index contributed by atoms with van der Waals surface area (Å²) in [7, 11) is 0. The minimum atomic E-state index is -0.854. The summed E-state index contributed by atoms with van der Waals surface area (Å²) in [6.45, 7) is 3.04. The Morgan fingerprint density at radius 2 is 1.72 bits per heavy atom. The van der Waals surface area contributed by atoms with Gasteiger partial charge < -0.3 is 5.32 Å². The van der Waals surface area contributed by atoms with Crippen LogP contribution in [0.4, 0.5) is 5.69 Å². The number of nitrogens with one attached hydrogen (secondary N) is 1. The van der Waals surface area contributed by atoms with Crippen LogP contribution in [-0.4, -0.2) is 34.4 Å². The maximum atomic E-state index is 12.7. The number of carbonyl (C=O) groups excluding carboxylic acids is 4. The molecular weight excluding hydrogens is 320 g/mol. The number of anilines is 1. The lowest BCUT2D eigenvalue weighted by molar-refractivity contribution is -0.147. The van der Waals surface area contributed by atoms with Crippen LogP contribution in [0, 0.1) is 5.41 Å². The van der Waals surface area contributed by atoms with Gasteiger partial charge in [0.2, 0.25) is 17.7 Å². The van der Waals surface area contributed by atoms with Crippen LogP contribution < -0.4 is 5.32 Å². The zero-order valence-corrected chi connectivity index (χ0v) is 14.5. The van der Waals surface area contributed by atoms with E-state index in [1.807, 2.05) is 0 Å². The summed E-state index contributed by atoms with van der Waals surface area (Å²) >= 11 is 0. The summed E-state index contributed by atoms with van der Waals surface area (Å²) in [6.07, 6.45) is 3.59. The van der Waals surface area contributed by atoms with E-state index in [2.05, 4.69) is 5.32 Å². The molecule has 132 valence electrons. The van der Waals surface area contributed by atoms with Crippen LogP contribution in [0.25, 0.3) is 0 Å². The fraction of sp³-hybridized carbons (Fsp3) is 0.474. The lowest BCUT2D eigenvalue weighted by Gasteiger charge is -2.25. The second-order valence-electron chi connectivity index (χ2n) is 7.03. The first kappa shape index (κ1) is 17.3. The van der Waals surface area contributed by atoms with Gasteiger partial charge in [-0.25, -0.2) is 0 Å². The molecule has 2 aliphatic rings. The van der Waals surface area contributed by atoms with Crippen LogP contribution in [0.5, 0.6) is 0 Å². The number of hydrogen-bond acceptors (Lipinski definition) is 4. The molecule has 0 unspecified atom stereocenters. The molecule has 6 heteroatoms. The zero-order valence-electron chi connectivity index (χ0n) is 14.5. The van der Waals surface area contributed by atoms with E-state index >= 15 is 0 Å². The largest absolute Gasteiger partial charge is 0.324 e. The first-order valence-corrected chi connectivity index (χ1v) is 8.62. The van der Waals surface area contributed by atoms with Gasteiger partial charge in [-0.3, -0.25) is 24.1 Å². The second-order valence-corrected chi connectivity index (χ2v) is 7.03. The highest BCUT2D eigenvalue weighted by Gasteiger charge is 2.54. The molecule has 1 aromatic carbocycles. The predicted octanol–water partition coefficient (Wildman–Crippen LogP) is 2.54. The van der Waals surface area contributed by atoms with E-state index in [1.165, 1.54) is 6.92 Å². The van der Waals surface area contributed by atoms with Gasteiger partial charge in [0.1, 0.15) is 6.04 Å². The second kappa shape index (κ2) is 6.43. The summed E-state index contributed by atoms with van der Waals surface area (Å²) in [5.74, 6) is -0.931. The highest BCUT2D eigenvalue weighted by atomic mass is 16.2. The molecule has 1 aliphatic carbocycles. The molecule has 3 rings (SSSR count). The number of imide groups is 1. The standard InChI is InChI=1S/C19H22N2O4/c1-12(17(24)20-15-7-5-14(6-8-15)13(2)22)21-16(23)11-19(18(21)25)9-3-4-10-19/h5-8,12H,3-4,9-11H2,1-2H3,(H,20,24)/t12-/m1/s1. The number of hydrogen-bond donors (Lipinski definition) is 1. The van der Waals surface area contributed by atoms with E-state index in [-0.39, 0.29) is 24.0 Å². The number of nitrogens with zero attached hydrogens (tertiary/aromatic N) is 1. The Hall–Kier alpha value is -2.50. The molecule has 1 aliphatic heterocycles. The van der Waals surface area contributed by atoms with Crippen LogP contribution in [0.2, 0.25) is 0 Å². The number of carbonyl (C=O) groups is 4. The van der Waals surface area contributed by atoms with Gasteiger partial charge in [-0.2, -0.15) is 0 Å². The molecule has 0 aromatic heterocycles. The van der Waals surface area contributed by atoms with Crippen molar-refractivity contribution >= 4 is 29.2 Å². The molecule has 1 aromatic rings. The minimum Gasteiger partial charge on any atom is -0.324 e. The minimum absolute atomic E-state index is 0.0543. The molecule has 1 saturated carbocycles. The Morgan fingerprint density at radius 3 is 2.28 bits per heavy atom. The van der Waals surface area contributed by atoms with Crippen LogP contribution >= 0.6 is 0 Å². The van der Waals surface area contributed by atoms with Gasteiger partial charge in [0.05, 0.1) is 5.41 Å². The SMILES string of the molecule is CC(=O)c1ccc(NC(=O)[C@@H](C)N2C(=O)CC3(CCCC3)C2=O)cc1. The first-order chi connectivity index (χ1) is 11.8. The summed E-state index contributed by atoms with van der Waals surface area (Å²) in [4.78, 5) is 50.0. The number of amides is 3. The van der Waals surface area contributed by atoms with Gasteiger partial charge in [-0.1, -0.05) is 12.8 Å². The topological polar surface area (TPSA) is 83.6 Å². The van der Waals surface area contributed by atoms with E-state index < -0.39 is 17.4 Å². The van der Waals surface area contributed by atoms with Gasteiger partial charge in [0, 0.05) is 17.7 Å². The van der Waals surface area contributed by atoms with Crippen LogP contribution in [0.1, 0.15) is 56.3 Å². The van der Waals surface area contributed by atoms with Crippen molar-refractivity contribution in [3.05, 3.63) is 29.8 Å². The van der Waals surface area contributed by atoms with Crippen LogP contribution in [0.15, 0.2) is 24.3 Å². The van der Waals surface area contributed by atoms with E-state index in [4.69, 9.17) is 0 Å². The normalized spacial score (nSPS) is 20.2. The van der Waals surface area contributed by atoms with E-state index in [0.29, 0.717) is 11.3 Å². The fourth-order valence-corrected chi connectivity index (χ4v) is 3.81. The molecule has 1 atom stereocenters. The Kier molecular flexibility index (Phi) is 4.45. The highest BCUT2D eigenvalue weighted by Crippen LogP contribution is 2.47. The molecule has 2 fully saturated rings. The Labute approximate surface area is 146 Å². The monoisotopic (exact) mass is 342 g/mol. The van der Waals surface area contributed by atoms with Crippen molar-refractivity contribution in [3.8, 4) is 0 Å². The Balaban J connectivity index is 1.71. The number of ketones is 1. The third-order valence-corrected chi connectivity index (χ3v) is 5.32. The van der Waals surface area contributed by atoms with Crippen molar-refractivity contribution in [2.45, 2.75) is 52.0 Å². The van der Waals surface area contributed by atoms with Crippen molar-refractivity contribution < 1.29 is 19.2 Å². The smallest absolute Gasteiger partial charge is 0.247 e. The van der Waals surface area contributed by atoms with Gasteiger partial charge >= 0.3 is 0 Å². The molecule has 1 saturated heterocycles. The Bertz CT molecular complexity index is 732. The third kappa shape index (κ3) is 3.08. The summed E-state index contributed by atoms with van der Waals surface area (Å²) < 4.78 is 0. The lowest BCUT2D eigenvalue weighted by atomic mass is 9.84. The zero-order chi connectivity index (χ0) is 18.2. The molecule has 6 nitrogen and oxygen atoms in total. The molecular formula is C19H22N2O4. The average molecular weight is 342 g/mol. The molecule has 0 radical (unpaired) electrons. The summed E-state index contributed by atoms with van der Waals surface area (Å²) in [5.41, 5.74) is 0.505. The maximum Gasteiger partial charge on any atom is 0.247 e.